The zero-order chi connectivity index (χ0) is 16.1. The summed E-state index contributed by atoms with van der Waals surface area (Å²) in [5, 5.41) is 10.3. The van der Waals surface area contributed by atoms with Crippen molar-refractivity contribution in [1.82, 2.24) is 9.13 Å². The summed E-state index contributed by atoms with van der Waals surface area (Å²) in [4.78, 5) is 16.8. The van der Waals surface area contributed by atoms with E-state index in [1.165, 1.54) is 42.9 Å². The van der Waals surface area contributed by atoms with Crippen LogP contribution in [0.3, 0.4) is 0 Å². The standard InChI is InChI=1S/C16H25N3O2S/c1-3-18-14(20)13(15(21)19(4-2)16(18)22)11-17-10-12-8-6-5-7-9-12/h11-12,20H,3-10H2,1-2H3. The third-order valence-electron chi connectivity index (χ3n) is 4.38. The number of aromatic hydroxyl groups is 1. The van der Waals surface area contributed by atoms with Gasteiger partial charge in [0.1, 0.15) is 5.56 Å². The van der Waals surface area contributed by atoms with E-state index in [1.54, 1.807) is 4.57 Å². The normalized spacial score (nSPS) is 16.5. The Morgan fingerprint density at radius 3 is 2.45 bits per heavy atom. The van der Waals surface area contributed by atoms with Gasteiger partial charge in [-0.2, -0.15) is 0 Å². The maximum Gasteiger partial charge on any atom is 0.267 e. The SMILES string of the molecule is CCn1c(O)c(C=NCC2CCCCC2)c(=O)n(CC)c1=S. The molecule has 1 aliphatic carbocycles. The number of hydrogen-bond donors (Lipinski definition) is 1. The zero-order valence-corrected chi connectivity index (χ0v) is 14.2. The van der Waals surface area contributed by atoms with Crippen LogP contribution >= 0.6 is 12.2 Å². The van der Waals surface area contributed by atoms with Crippen LogP contribution in [0.15, 0.2) is 9.79 Å². The number of aliphatic imine (C=N–C) groups is 1. The molecule has 1 fully saturated rings. The highest BCUT2D eigenvalue weighted by Gasteiger charge is 2.15. The fourth-order valence-corrected chi connectivity index (χ4v) is 3.48. The van der Waals surface area contributed by atoms with Crippen LogP contribution in [-0.4, -0.2) is 27.0 Å². The molecule has 122 valence electrons. The highest BCUT2D eigenvalue weighted by Crippen LogP contribution is 2.23. The van der Waals surface area contributed by atoms with E-state index < -0.39 is 0 Å². The maximum atomic E-state index is 12.4. The third kappa shape index (κ3) is 3.48. The molecule has 1 aromatic rings. The van der Waals surface area contributed by atoms with Crippen molar-refractivity contribution < 1.29 is 5.11 Å². The fourth-order valence-electron chi connectivity index (χ4n) is 3.05. The predicted molar refractivity (Wildman–Crippen MR) is 91.6 cm³/mol. The number of hydrogen-bond acceptors (Lipinski definition) is 4. The largest absolute Gasteiger partial charge is 0.494 e. The number of rotatable bonds is 5. The van der Waals surface area contributed by atoms with Crippen LogP contribution in [0.2, 0.25) is 0 Å². The van der Waals surface area contributed by atoms with E-state index in [0.29, 0.717) is 23.8 Å². The first kappa shape index (κ1) is 16.9. The van der Waals surface area contributed by atoms with Gasteiger partial charge in [0, 0.05) is 25.8 Å². The molecule has 1 aliphatic rings. The van der Waals surface area contributed by atoms with Crippen molar-refractivity contribution in [2.75, 3.05) is 6.54 Å². The highest BCUT2D eigenvalue weighted by atomic mass is 32.1. The molecule has 0 amide bonds. The van der Waals surface area contributed by atoms with Crippen LogP contribution < -0.4 is 5.56 Å². The van der Waals surface area contributed by atoms with E-state index >= 15 is 0 Å². The van der Waals surface area contributed by atoms with Gasteiger partial charge in [-0.25, -0.2) is 0 Å². The molecule has 22 heavy (non-hydrogen) atoms. The first-order valence-electron chi connectivity index (χ1n) is 8.16. The van der Waals surface area contributed by atoms with E-state index in [9.17, 15) is 9.90 Å². The Labute approximate surface area is 136 Å². The summed E-state index contributed by atoms with van der Waals surface area (Å²) in [6, 6.07) is 0. The Morgan fingerprint density at radius 1 is 1.23 bits per heavy atom. The van der Waals surface area contributed by atoms with Crippen LogP contribution in [0, 0.1) is 10.7 Å². The lowest BCUT2D eigenvalue weighted by atomic mass is 9.89. The summed E-state index contributed by atoms with van der Waals surface area (Å²) in [7, 11) is 0. The summed E-state index contributed by atoms with van der Waals surface area (Å²) in [5.74, 6) is 0.534. The van der Waals surface area contributed by atoms with Crippen molar-refractivity contribution in [1.29, 1.82) is 0 Å². The molecule has 1 saturated carbocycles. The lowest BCUT2D eigenvalue weighted by Gasteiger charge is -2.19. The van der Waals surface area contributed by atoms with Crippen LogP contribution in [0.25, 0.3) is 0 Å². The molecule has 0 atom stereocenters. The first-order chi connectivity index (χ1) is 10.6. The highest BCUT2D eigenvalue weighted by molar-refractivity contribution is 7.71. The maximum absolute atomic E-state index is 12.4. The molecular formula is C16H25N3O2S. The van der Waals surface area contributed by atoms with Crippen LogP contribution in [-0.2, 0) is 13.1 Å². The van der Waals surface area contributed by atoms with Gasteiger partial charge in [-0.1, -0.05) is 19.3 Å². The first-order valence-corrected chi connectivity index (χ1v) is 8.57. The molecule has 2 rings (SSSR count). The molecule has 6 heteroatoms. The number of nitrogens with zero attached hydrogens (tertiary/aromatic N) is 3. The molecule has 0 aliphatic heterocycles. The quantitative estimate of drug-likeness (QED) is 0.669. The summed E-state index contributed by atoms with van der Waals surface area (Å²) < 4.78 is 3.43. The Balaban J connectivity index is 2.29. The molecule has 1 heterocycles. The molecular weight excluding hydrogens is 298 g/mol. The van der Waals surface area contributed by atoms with Gasteiger partial charge in [-0.15, -0.1) is 0 Å². The molecule has 0 unspecified atom stereocenters. The van der Waals surface area contributed by atoms with Crippen molar-refractivity contribution in [3.05, 3.63) is 20.7 Å². The predicted octanol–water partition coefficient (Wildman–Crippen LogP) is 3.12. The summed E-state index contributed by atoms with van der Waals surface area (Å²) in [6.07, 6.45) is 7.81. The Kier molecular flexibility index (Phi) is 5.94. The zero-order valence-electron chi connectivity index (χ0n) is 13.4. The second kappa shape index (κ2) is 7.72. The smallest absolute Gasteiger partial charge is 0.267 e. The van der Waals surface area contributed by atoms with Crippen molar-refractivity contribution in [3.63, 3.8) is 0 Å². The molecule has 0 bridgehead atoms. The van der Waals surface area contributed by atoms with Crippen molar-refractivity contribution in [3.8, 4) is 5.88 Å². The van der Waals surface area contributed by atoms with Crippen molar-refractivity contribution in [2.45, 2.75) is 59.0 Å². The van der Waals surface area contributed by atoms with Gasteiger partial charge in [-0.05, 0) is 44.8 Å². The van der Waals surface area contributed by atoms with E-state index in [-0.39, 0.29) is 17.0 Å². The monoisotopic (exact) mass is 323 g/mol. The molecule has 0 saturated heterocycles. The van der Waals surface area contributed by atoms with Gasteiger partial charge in [0.05, 0.1) is 0 Å². The minimum absolute atomic E-state index is 0.0744. The third-order valence-corrected chi connectivity index (χ3v) is 4.82. The average Bonchev–Trinajstić information content (AvgIpc) is 2.52. The summed E-state index contributed by atoms with van der Waals surface area (Å²) >= 11 is 5.26. The van der Waals surface area contributed by atoms with E-state index in [2.05, 4.69) is 4.99 Å². The van der Waals surface area contributed by atoms with Crippen molar-refractivity contribution in [2.24, 2.45) is 10.9 Å². The van der Waals surface area contributed by atoms with Gasteiger partial charge in [0.2, 0.25) is 5.88 Å². The molecule has 1 aromatic heterocycles. The second-order valence-electron chi connectivity index (χ2n) is 5.81. The minimum atomic E-state index is -0.262. The molecule has 0 spiro atoms. The Hall–Kier alpha value is -1.43. The fraction of sp³-hybridized carbons (Fsp3) is 0.688. The van der Waals surface area contributed by atoms with Crippen LogP contribution in [0.4, 0.5) is 0 Å². The Bertz CT molecular complexity index is 655. The van der Waals surface area contributed by atoms with Gasteiger partial charge < -0.3 is 5.11 Å². The van der Waals surface area contributed by atoms with E-state index in [4.69, 9.17) is 12.2 Å². The topological polar surface area (TPSA) is 59.5 Å². The molecule has 0 radical (unpaired) electrons. The number of aromatic nitrogens is 2. The summed E-state index contributed by atoms with van der Waals surface area (Å²) in [5.41, 5.74) is -0.0183. The Morgan fingerprint density at radius 2 is 1.86 bits per heavy atom. The lowest BCUT2D eigenvalue weighted by molar-refractivity contribution is 0.367. The lowest BCUT2D eigenvalue weighted by Crippen LogP contribution is -2.28. The van der Waals surface area contributed by atoms with Gasteiger partial charge in [0.25, 0.3) is 5.56 Å². The molecule has 0 aromatic carbocycles. The molecule has 5 nitrogen and oxygen atoms in total. The van der Waals surface area contributed by atoms with Crippen molar-refractivity contribution >= 4 is 18.4 Å². The van der Waals surface area contributed by atoms with Gasteiger partial charge in [0.15, 0.2) is 4.77 Å². The molecule has 1 N–H and O–H groups in total. The average molecular weight is 323 g/mol. The second-order valence-corrected chi connectivity index (χ2v) is 6.18. The minimum Gasteiger partial charge on any atom is -0.494 e. The van der Waals surface area contributed by atoms with Gasteiger partial charge >= 0.3 is 0 Å². The van der Waals surface area contributed by atoms with E-state index in [0.717, 1.165) is 6.54 Å². The van der Waals surface area contributed by atoms with Crippen LogP contribution in [0.5, 0.6) is 5.88 Å². The van der Waals surface area contributed by atoms with Gasteiger partial charge in [-0.3, -0.25) is 18.9 Å². The summed E-state index contributed by atoms with van der Waals surface area (Å²) in [6.45, 7) is 5.50. The van der Waals surface area contributed by atoms with E-state index in [1.807, 2.05) is 13.8 Å². The van der Waals surface area contributed by atoms with Crippen LogP contribution in [0.1, 0.15) is 51.5 Å².